The molecule has 0 bridgehead atoms. The molecular weight excluding hydrogens is 360 g/mol. The van der Waals surface area contributed by atoms with Crippen molar-refractivity contribution < 1.29 is 18.3 Å². The van der Waals surface area contributed by atoms with E-state index in [1.54, 1.807) is 6.08 Å². The molecule has 1 aliphatic carbocycles. The number of carbonyl (C=O) groups excluding carboxylic acids is 1. The Bertz CT molecular complexity index is 860. The van der Waals surface area contributed by atoms with Crippen molar-refractivity contribution in [3.05, 3.63) is 35.2 Å². The van der Waals surface area contributed by atoms with Gasteiger partial charge in [-0.2, -0.15) is 0 Å². The molecule has 0 saturated carbocycles. The second-order valence-corrected chi connectivity index (χ2v) is 12.2. The molecular formula is C22H32O4S. The number of phenols is 1. The summed E-state index contributed by atoms with van der Waals surface area (Å²) in [7, 11) is -3.80. The van der Waals surface area contributed by atoms with Crippen molar-refractivity contribution in [1.82, 2.24) is 0 Å². The van der Waals surface area contributed by atoms with Gasteiger partial charge in [-0.05, 0) is 35.1 Å². The van der Waals surface area contributed by atoms with Crippen LogP contribution in [0.5, 0.6) is 5.75 Å². The van der Waals surface area contributed by atoms with Crippen molar-refractivity contribution in [1.29, 1.82) is 0 Å². The maximum atomic E-state index is 13.5. The lowest BCUT2D eigenvalue weighted by Crippen LogP contribution is -2.55. The van der Waals surface area contributed by atoms with Crippen LogP contribution in [-0.4, -0.2) is 19.3 Å². The first-order valence-electron chi connectivity index (χ1n) is 9.28. The molecule has 1 aromatic rings. The molecule has 150 valence electrons. The molecule has 1 aromatic carbocycles. The summed E-state index contributed by atoms with van der Waals surface area (Å²) in [5, 5.41) is 9.51. The molecule has 0 saturated heterocycles. The van der Waals surface area contributed by atoms with E-state index in [-0.39, 0.29) is 27.8 Å². The maximum Gasteiger partial charge on any atom is 0.203 e. The van der Waals surface area contributed by atoms with Gasteiger partial charge in [-0.1, -0.05) is 61.5 Å². The molecule has 0 heterocycles. The highest BCUT2D eigenvalue weighted by Crippen LogP contribution is 2.60. The van der Waals surface area contributed by atoms with E-state index >= 15 is 0 Å². The van der Waals surface area contributed by atoms with Crippen LogP contribution in [0, 0.1) is 21.7 Å². The van der Waals surface area contributed by atoms with E-state index in [0.717, 1.165) is 0 Å². The molecule has 0 atom stereocenters. The zero-order valence-corrected chi connectivity index (χ0v) is 18.5. The van der Waals surface area contributed by atoms with E-state index in [1.807, 2.05) is 55.4 Å². The Balaban J connectivity index is 2.86. The van der Waals surface area contributed by atoms with Crippen LogP contribution in [0.1, 0.15) is 61.8 Å². The first-order chi connectivity index (χ1) is 12.0. The van der Waals surface area contributed by atoms with Crippen molar-refractivity contribution in [2.75, 3.05) is 0 Å². The molecule has 0 spiro atoms. The fourth-order valence-electron chi connectivity index (χ4n) is 4.69. The van der Waals surface area contributed by atoms with Gasteiger partial charge in [0.15, 0.2) is 0 Å². The maximum absolute atomic E-state index is 13.5. The number of allylic oxidation sites excluding steroid dienone is 2. The summed E-state index contributed by atoms with van der Waals surface area (Å²) >= 11 is 0. The quantitative estimate of drug-likeness (QED) is 0.757. The SMILES string of the molecule is CC1(C)CC(=O)C(C(C)(C)C)(C(C)(C)C)C=C1S(=O)(=O)c1ccc(O)cc1. The number of benzene rings is 1. The third-order valence-electron chi connectivity index (χ3n) is 5.86. The normalized spacial score (nSPS) is 20.3. The molecule has 27 heavy (non-hydrogen) atoms. The minimum Gasteiger partial charge on any atom is -0.508 e. The van der Waals surface area contributed by atoms with Crippen LogP contribution < -0.4 is 0 Å². The molecule has 0 unspecified atom stereocenters. The number of Topliss-reactive ketones (excluding diaryl/α,β-unsaturated/α-hetero) is 1. The highest BCUT2D eigenvalue weighted by molar-refractivity contribution is 7.95. The molecule has 5 heteroatoms. The van der Waals surface area contributed by atoms with Crippen LogP contribution in [-0.2, 0) is 14.6 Å². The molecule has 0 radical (unpaired) electrons. The highest BCUT2D eigenvalue weighted by atomic mass is 32.2. The number of ketones is 1. The molecule has 2 rings (SSSR count). The zero-order chi connectivity index (χ0) is 21.1. The average molecular weight is 393 g/mol. The number of hydrogen-bond acceptors (Lipinski definition) is 4. The summed E-state index contributed by atoms with van der Waals surface area (Å²) in [5.74, 6) is 0.0943. The van der Waals surface area contributed by atoms with Gasteiger partial charge in [0.25, 0.3) is 0 Å². The summed E-state index contributed by atoms with van der Waals surface area (Å²) in [6.07, 6.45) is 1.91. The van der Waals surface area contributed by atoms with E-state index < -0.39 is 31.5 Å². The topological polar surface area (TPSA) is 71.4 Å². The molecule has 0 aliphatic heterocycles. The second-order valence-electron chi connectivity index (χ2n) is 10.3. The molecule has 1 aliphatic rings. The Morgan fingerprint density at radius 1 is 0.926 bits per heavy atom. The van der Waals surface area contributed by atoms with Crippen molar-refractivity contribution in [2.45, 2.75) is 66.7 Å². The first-order valence-corrected chi connectivity index (χ1v) is 10.8. The number of sulfone groups is 1. The van der Waals surface area contributed by atoms with Crippen molar-refractivity contribution in [3.63, 3.8) is 0 Å². The monoisotopic (exact) mass is 392 g/mol. The Labute approximate surface area is 163 Å². The predicted molar refractivity (Wildman–Crippen MR) is 108 cm³/mol. The lowest BCUT2D eigenvalue weighted by atomic mass is 9.49. The van der Waals surface area contributed by atoms with E-state index in [4.69, 9.17) is 0 Å². The largest absolute Gasteiger partial charge is 0.508 e. The third kappa shape index (κ3) is 3.35. The van der Waals surface area contributed by atoms with Crippen LogP contribution >= 0.6 is 0 Å². The molecule has 0 fully saturated rings. The fraction of sp³-hybridized carbons (Fsp3) is 0.591. The minimum absolute atomic E-state index is 0.0136. The third-order valence-corrected chi connectivity index (χ3v) is 8.00. The van der Waals surface area contributed by atoms with Crippen LogP contribution in [0.15, 0.2) is 40.1 Å². The minimum atomic E-state index is -3.80. The lowest BCUT2D eigenvalue weighted by molar-refractivity contribution is -0.142. The Morgan fingerprint density at radius 3 is 1.78 bits per heavy atom. The zero-order valence-electron chi connectivity index (χ0n) is 17.7. The fourth-order valence-corrected chi connectivity index (χ4v) is 6.57. The second kappa shape index (κ2) is 6.20. The van der Waals surface area contributed by atoms with Gasteiger partial charge in [0.1, 0.15) is 11.5 Å². The molecule has 0 amide bonds. The summed E-state index contributed by atoms with van der Waals surface area (Å²) in [6, 6.07) is 5.56. The molecule has 0 aromatic heterocycles. The van der Waals surface area contributed by atoms with Gasteiger partial charge in [-0.15, -0.1) is 0 Å². The van der Waals surface area contributed by atoms with Gasteiger partial charge in [0, 0.05) is 11.8 Å². The summed E-state index contributed by atoms with van der Waals surface area (Å²) in [5.41, 5.74) is -2.61. The van der Waals surface area contributed by atoms with Crippen molar-refractivity contribution >= 4 is 15.6 Å². The number of rotatable bonds is 2. The van der Waals surface area contributed by atoms with Gasteiger partial charge in [0.05, 0.1) is 15.2 Å². The first kappa shape index (κ1) is 21.7. The Hall–Kier alpha value is -1.62. The standard InChI is InChI=1S/C22H32O4S/c1-19(2,3)22(20(4,5)6)14-18(21(7,8)13-17(22)24)27(25,26)16-11-9-15(23)10-12-16/h9-12,14,23H,13H2,1-8H3. The van der Waals surface area contributed by atoms with Crippen molar-refractivity contribution in [2.24, 2.45) is 21.7 Å². The van der Waals surface area contributed by atoms with Gasteiger partial charge in [-0.3, -0.25) is 4.79 Å². The van der Waals surface area contributed by atoms with E-state index in [0.29, 0.717) is 0 Å². The van der Waals surface area contributed by atoms with Crippen molar-refractivity contribution in [3.8, 4) is 5.75 Å². The van der Waals surface area contributed by atoms with E-state index in [9.17, 15) is 18.3 Å². The number of hydrogen-bond donors (Lipinski definition) is 1. The van der Waals surface area contributed by atoms with Crippen LogP contribution in [0.4, 0.5) is 0 Å². The Kier molecular flexibility index (Phi) is 4.97. The molecule has 4 nitrogen and oxygen atoms in total. The average Bonchev–Trinajstić information content (AvgIpc) is 2.43. The predicted octanol–water partition coefficient (Wildman–Crippen LogP) is 5.13. The van der Waals surface area contributed by atoms with E-state index in [2.05, 4.69) is 0 Å². The summed E-state index contributed by atoms with van der Waals surface area (Å²) in [4.78, 5) is 13.8. The van der Waals surface area contributed by atoms with Gasteiger partial charge in [-0.25, -0.2) is 8.42 Å². The van der Waals surface area contributed by atoms with Crippen LogP contribution in [0.2, 0.25) is 0 Å². The highest BCUT2D eigenvalue weighted by Gasteiger charge is 2.59. The Morgan fingerprint density at radius 2 is 1.37 bits per heavy atom. The number of aromatic hydroxyl groups is 1. The van der Waals surface area contributed by atoms with Crippen LogP contribution in [0.3, 0.4) is 0 Å². The number of phenolic OH excluding ortho intramolecular Hbond substituents is 1. The van der Waals surface area contributed by atoms with E-state index in [1.165, 1.54) is 24.3 Å². The summed E-state index contributed by atoms with van der Waals surface area (Å²) < 4.78 is 27.0. The smallest absolute Gasteiger partial charge is 0.203 e. The molecule has 1 N–H and O–H groups in total. The van der Waals surface area contributed by atoms with Crippen LogP contribution in [0.25, 0.3) is 0 Å². The lowest BCUT2D eigenvalue weighted by Gasteiger charge is -2.54. The summed E-state index contributed by atoms with van der Waals surface area (Å²) in [6.45, 7) is 15.6. The van der Waals surface area contributed by atoms with Gasteiger partial charge in [0.2, 0.25) is 9.84 Å². The van der Waals surface area contributed by atoms with Gasteiger partial charge >= 0.3 is 0 Å². The van der Waals surface area contributed by atoms with Gasteiger partial charge < -0.3 is 5.11 Å². The number of carbonyl (C=O) groups is 1.